The van der Waals surface area contributed by atoms with Gasteiger partial charge in [0.25, 0.3) is 0 Å². The lowest BCUT2D eigenvalue weighted by atomic mass is 10.1. The summed E-state index contributed by atoms with van der Waals surface area (Å²) in [7, 11) is 0. The van der Waals surface area contributed by atoms with Crippen LogP contribution >= 0.6 is 0 Å². The Morgan fingerprint density at radius 2 is 1.60 bits per heavy atom. The van der Waals surface area contributed by atoms with Crippen molar-refractivity contribution in [2.24, 2.45) is 0 Å². The lowest BCUT2D eigenvalue weighted by Crippen LogP contribution is -1.94. The number of carboxylic acid groups (broad SMARTS) is 1. The first kappa shape index (κ1) is 13.4. The minimum Gasteiger partial charge on any atom is -0.478 e. The summed E-state index contributed by atoms with van der Waals surface area (Å²) in [5.74, 6) is -0.885. The van der Waals surface area contributed by atoms with Crippen molar-refractivity contribution in [3.8, 4) is 0 Å². The zero-order valence-electron chi connectivity index (χ0n) is 9.74. The van der Waals surface area contributed by atoms with E-state index in [-0.39, 0.29) is 0 Å². The molecule has 1 N–H and O–H groups in total. The van der Waals surface area contributed by atoms with E-state index in [0.29, 0.717) is 5.56 Å². The van der Waals surface area contributed by atoms with Gasteiger partial charge in [0, 0.05) is 0 Å². The second-order valence-corrected chi connectivity index (χ2v) is 3.15. The number of allylic oxidation sites excluding steroid dienone is 1. The normalized spacial score (nSPS) is 8.53. The van der Waals surface area contributed by atoms with Crippen molar-refractivity contribution in [3.05, 3.63) is 41.0 Å². The van der Waals surface area contributed by atoms with Crippen LogP contribution in [-0.4, -0.2) is 11.1 Å². The third-order valence-electron chi connectivity index (χ3n) is 1.61. The third kappa shape index (κ3) is 5.01. The Morgan fingerprint density at radius 3 is 1.93 bits per heavy atom. The van der Waals surface area contributed by atoms with Gasteiger partial charge in [-0.25, -0.2) is 4.79 Å². The molecule has 0 amide bonds. The average molecular weight is 206 g/mol. The van der Waals surface area contributed by atoms with Gasteiger partial charge >= 0.3 is 5.97 Å². The van der Waals surface area contributed by atoms with E-state index in [2.05, 4.69) is 0 Å². The molecule has 0 aliphatic carbocycles. The molecular weight excluding hydrogens is 188 g/mol. The second-order valence-electron chi connectivity index (χ2n) is 3.15. The molecule has 0 saturated carbocycles. The van der Waals surface area contributed by atoms with Gasteiger partial charge < -0.3 is 5.11 Å². The van der Waals surface area contributed by atoms with Crippen LogP contribution in [0.25, 0.3) is 6.08 Å². The fourth-order valence-electron chi connectivity index (χ4n) is 1.06. The fraction of sp³-hybridized carbons (Fsp3) is 0.308. The highest BCUT2D eigenvalue weighted by molar-refractivity contribution is 5.87. The molecule has 0 fully saturated rings. The van der Waals surface area contributed by atoms with Crippen LogP contribution in [0, 0.1) is 0 Å². The van der Waals surface area contributed by atoms with Gasteiger partial charge in [-0.05, 0) is 31.5 Å². The summed E-state index contributed by atoms with van der Waals surface area (Å²) >= 11 is 0. The van der Waals surface area contributed by atoms with Gasteiger partial charge in [0.1, 0.15) is 0 Å². The van der Waals surface area contributed by atoms with Crippen molar-refractivity contribution in [2.75, 3.05) is 0 Å². The van der Waals surface area contributed by atoms with Gasteiger partial charge in [-0.15, -0.1) is 0 Å². The van der Waals surface area contributed by atoms with E-state index in [0.717, 1.165) is 5.56 Å². The summed E-state index contributed by atoms with van der Waals surface area (Å²) < 4.78 is 0. The molecular formula is C13H18O2. The highest BCUT2D eigenvalue weighted by Gasteiger charge is 1.99. The highest BCUT2D eigenvalue weighted by atomic mass is 16.4. The van der Waals surface area contributed by atoms with Gasteiger partial charge in [-0.1, -0.05) is 37.6 Å². The molecule has 0 radical (unpaired) electrons. The van der Waals surface area contributed by atoms with E-state index in [1.165, 1.54) is 5.57 Å². The number of carboxylic acids is 1. The lowest BCUT2D eigenvalue weighted by molar-refractivity contribution is 0.0697. The first-order valence-electron chi connectivity index (χ1n) is 5.08. The smallest absolute Gasteiger partial charge is 0.335 e. The maximum atomic E-state index is 10.5. The van der Waals surface area contributed by atoms with Crippen molar-refractivity contribution in [2.45, 2.75) is 27.7 Å². The maximum Gasteiger partial charge on any atom is 0.335 e. The summed E-state index contributed by atoms with van der Waals surface area (Å²) in [5, 5.41) is 8.64. The zero-order valence-corrected chi connectivity index (χ0v) is 9.74. The number of hydrogen-bond donors (Lipinski definition) is 1. The molecule has 1 rings (SSSR count). The van der Waals surface area contributed by atoms with Gasteiger partial charge in [-0.2, -0.15) is 0 Å². The summed E-state index contributed by atoms with van der Waals surface area (Å²) in [5.41, 5.74) is 2.55. The Balaban J connectivity index is 0.000000921. The van der Waals surface area contributed by atoms with Crippen LogP contribution in [0.5, 0.6) is 0 Å². The number of hydrogen-bond acceptors (Lipinski definition) is 1. The SMILES string of the molecule is CC.CC(C)=Cc1ccc(C(=O)O)cc1. The van der Waals surface area contributed by atoms with Crippen molar-refractivity contribution in [1.82, 2.24) is 0 Å². The van der Waals surface area contributed by atoms with Crippen LogP contribution in [0.3, 0.4) is 0 Å². The Kier molecular flexibility index (Phi) is 6.11. The van der Waals surface area contributed by atoms with E-state index in [4.69, 9.17) is 5.11 Å². The van der Waals surface area contributed by atoms with Gasteiger partial charge in [-0.3, -0.25) is 0 Å². The number of carbonyl (C=O) groups is 1. The first-order chi connectivity index (χ1) is 7.09. The first-order valence-corrected chi connectivity index (χ1v) is 5.08. The van der Waals surface area contributed by atoms with Crippen LogP contribution in [0.2, 0.25) is 0 Å². The van der Waals surface area contributed by atoms with E-state index >= 15 is 0 Å². The Labute approximate surface area is 91.3 Å². The molecule has 0 aliphatic heterocycles. The van der Waals surface area contributed by atoms with Crippen molar-refractivity contribution < 1.29 is 9.90 Å². The van der Waals surface area contributed by atoms with Crippen molar-refractivity contribution in [3.63, 3.8) is 0 Å². The van der Waals surface area contributed by atoms with E-state index in [1.54, 1.807) is 24.3 Å². The average Bonchev–Trinajstić information content (AvgIpc) is 2.20. The predicted octanol–water partition coefficient (Wildman–Crippen LogP) is 3.83. The molecule has 0 spiro atoms. The van der Waals surface area contributed by atoms with Crippen LogP contribution in [-0.2, 0) is 0 Å². The molecule has 0 aliphatic rings. The monoisotopic (exact) mass is 206 g/mol. The standard InChI is InChI=1S/C11H12O2.C2H6/c1-8(2)7-9-3-5-10(6-4-9)11(12)13;1-2/h3-7H,1-2H3,(H,12,13);1-2H3. The quantitative estimate of drug-likeness (QED) is 0.798. The van der Waals surface area contributed by atoms with Gasteiger partial charge in [0.05, 0.1) is 5.56 Å². The fourth-order valence-corrected chi connectivity index (χ4v) is 1.06. The second kappa shape index (κ2) is 6.82. The molecule has 2 nitrogen and oxygen atoms in total. The molecule has 15 heavy (non-hydrogen) atoms. The molecule has 1 aromatic carbocycles. The van der Waals surface area contributed by atoms with Crippen molar-refractivity contribution in [1.29, 1.82) is 0 Å². The van der Waals surface area contributed by atoms with Crippen molar-refractivity contribution >= 4 is 12.0 Å². The van der Waals surface area contributed by atoms with E-state index in [9.17, 15) is 4.79 Å². The van der Waals surface area contributed by atoms with Crippen LogP contribution in [0.1, 0.15) is 43.6 Å². The Hall–Kier alpha value is -1.57. The number of rotatable bonds is 2. The Morgan fingerprint density at radius 1 is 1.13 bits per heavy atom. The van der Waals surface area contributed by atoms with Gasteiger partial charge in [0.2, 0.25) is 0 Å². The molecule has 0 saturated heterocycles. The lowest BCUT2D eigenvalue weighted by Gasteiger charge is -1.96. The largest absolute Gasteiger partial charge is 0.478 e. The summed E-state index contributed by atoms with van der Waals surface area (Å²) in [4.78, 5) is 10.5. The molecule has 0 aromatic heterocycles. The topological polar surface area (TPSA) is 37.3 Å². The third-order valence-corrected chi connectivity index (χ3v) is 1.61. The summed E-state index contributed by atoms with van der Waals surface area (Å²) in [6, 6.07) is 6.82. The summed E-state index contributed by atoms with van der Waals surface area (Å²) in [6.07, 6.45) is 2.01. The molecule has 0 atom stereocenters. The number of aromatic carboxylic acids is 1. The molecule has 0 heterocycles. The summed E-state index contributed by atoms with van der Waals surface area (Å²) in [6.45, 7) is 8.01. The van der Waals surface area contributed by atoms with Gasteiger partial charge in [0.15, 0.2) is 0 Å². The Bertz CT molecular complexity index is 330. The number of benzene rings is 1. The molecule has 1 aromatic rings. The van der Waals surface area contributed by atoms with E-state index in [1.807, 2.05) is 33.8 Å². The van der Waals surface area contributed by atoms with E-state index < -0.39 is 5.97 Å². The zero-order chi connectivity index (χ0) is 11.8. The predicted molar refractivity (Wildman–Crippen MR) is 64.1 cm³/mol. The molecule has 0 unspecified atom stereocenters. The minimum absolute atomic E-state index is 0.325. The molecule has 0 bridgehead atoms. The molecule has 2 heteroatoms. The van der Waals surface area contributed by atoms with Crippen LogP contribution in [0.15, 0.2) is 29.8 Å². The molecule has 82 valence electrons. The van der Waals surface area contributed by atoms with Crippen LogP contribution < -0.4 is 0 Å². The van der Waals surface area contributed by atoms with Crippen LogP contribution in [0.4, 0.5) is 0 Å². The maximum absolute atomic E-state index is 10.5. The highest BCUT2D eigenvalue weighted by Crippen LogP contribution is 2.08. The minimum atomic E-state index is -0.885.